The van der Waals surface area contributed by atoms with E-state index in [2.05, 4.69) is 40.9 Å². The van der Waals surface area contributed by atoms with Crippen LogP contribution >= 0.6 is 0 Å². The van der Waals surface area contributed by atoms with Crippen molar-refractivity contribution in [1.82, 2.24) is 19.3 Å². The fourth-order valence-electron chi connectivity index (χ4n) is 1.43. The van der Waals surface area contributed by atoms with Crippen LogP contribution < -0.4 is 0 Å². The minimum absolute atomic E-state index is 0.869. The highest BCUT2D eigenvalue weighted by molar-refractivity contribution is 5.20. The third-order valence-corrected chi connectivity index (χ3v) is 2.39. The summed E-state index contributed by atoms with van der Waals surface area (Å²) in [5.41, 5.74) is 2.67. The van der Waals surface area contributed by atoms with Crippen molar-refractivity contribution in [3.63, 3.8) is 0 Å². The van der Waals surface area contributed by atoms with Gasteiger partial charge in [-0.25, -0.2) is 4.98 Å². The summed E-state index contributed by atoms with van der Waals surface area (Å²) in [5, 5.41) is 4.05. The van der Waals surface area contributed by atoms with Crippen LogP contribution in [0.2, 0.25) is 0 Å². The van der Waals surface area contributed by atoms with Crippen molar-refractivity contribution >= 4 is 0 Å². The third kappa shape index (κ3) is 1.84. The summed E-state index contributed by atoms with van der Waals surface area (Å²) in [6, 6.07) is 0. The van der Waals surface area contributed by atoms with E-state index in [1.165, 1.54) is 11.1 Å². The van der Waals surface area contributed by atoms with Crippen LogP contribution in [-0.2, 0) is 13.1 Å². The van der Waals surface area contributed by atoms with Gasteiger partial charge in [0.15, 0.2) is 0 Å². The minimum Gasteiger partial charge on any atom is -0.352 e. The predicted octanol–water partition coefficient (Wildman–Crippen LogP) is 1.40. The minimum atomic E-state index is 0.869. The van der Waals surface area contributed by atoms with E-state index in [0.717, 1.165) is 13.1 Å². The van der Waals surface area contributed by atoms with Gasteiger partial charge in [-0.2, -0.15) is 5.10 Å². The van der Waals surface area contributed by atoms with Crippen LogP contribution in [0.4, 0.5) is 0 Å². The predicted molar refractivity (Wildman–Crippen MR) is 53.9 cm³/mol. The Hall–Kier alpha value is -1.58. The number of aryl methyl sites for hydroxylation is 4. The molecule has 0 saturated heterocycles. The summed E-state index contributed by atoms with van der Waals surface area (Å²) < 4.78 is 4.02. The van der Waals surface area contributed by atoms with Gasteiger partial charge in [0.1, 0.15) is 12.7 Å². The molecular weight excluding hydrogens is 176 g/mol. The molecular formula is C10H14N4. The molecule has 0 atom stereocenters. The highest BCUT2D eigenvalue weighted by Crippen LogP contribution is 2.07. The zero-order chi connectivity index (χ0) is 9.97. The lowest BCUT2D eigenvalue weighted by Gasteiger charge is -2.01. The quantitative estimate of drug-likeness (QED) is 0.733. The van der Waals surface area contributed by atoms with Crippen molar-refractivity contribution in [2.75, 3.05) is 0 Å². The normalized spacial score (nSPS) is 10.7. The Morgan fingerprint density at radius 3 is 2.43 bits per heavy atom. The SMILES string of the molecule is Cc1cn(CCn2cncn2)cc1C. The molecule has 4 heteroatoms. The summed E-state index contributed by atoms with van der Waals surface area (Å²) in [7, 11) is 0. The van der Waals surface area contributed by atoms with Crippen LogP contribution in [-0.4, -0.2) is 19.3 Å². The Morgan fingerprint density at radius 2 is 1.86 bits per heavy atom. The summed E-state index contributed by atoms with van der Waals surface area (Å²) in [5.74, 6) is 0. The first-order chi connectivity index (χ1) is 6.75. The van der Waals surface area contributed by atoms with E-state index in [-0.39, 0.29) is 0 Å². The van der Waals surface area contributed by atoms with Crippen LogP contribution in [0.5, 0.6) is 0 Å². The van der Waals surface area contributed by atoms with Crippen molar-refractivity contribution in [3.05, 3.63) is 36.2 Å². The van der Waals surface area contributed by atoms with Gasteiger partial charge in [0.05, 0.1) is 6.54 Å². The van der Waals surface area contributed by atoms with E-state index in [1.54, 1.807) is 12.7 Å². The van der Waals surface area contributed by atoms with Crippen molar-refractivity contribution in [1.29, 1.82) is 0 Å². The first-order valence-corrected chi connectivity index (χ1v) is 4.71. The molecule has 0 N–H and O–H groups in total. The monoisotopic (exact) mass is 190 g/mol. The van der Waals surface area contributed by atoms with E-state index >= 15 is 0 Å². The second-order valence-corrected chi connectivity index (χ2v) is 3.52. The maximum Gasteiger partial charge on any atom is 0.137 e. The zero-order valence-corrected chi connectivity index (χ0v) is 8.51. The molecule has 2 aromatic rings. The van der Waals surface area contributed by atoms with E-state index in [0.29, 0.717) is 0 Å². The number of aromatic nitrogens is 4. The molecule has 0 aliphatic rings. The summed E-state index contributed by atoms with van der Waals surface area (Å²) in [4.78, 5) is 3.90. The first kappa shape index (κ1) is 8.99. The lowest BCUT2D eigenvalue weighted by molar-refractivity contribution is 0.533. The number of nitrogens with zero attached hydrogens (tertiary/aromatic N) is 4. The molecule has 2 aromatic heterocycles. The second kappa shape index (κ2) is 3.65. The van der Waals surface area contributed by atoms with E-state index in [1.807, 2.05) is 4.68 Å². The molecule has 2 heterocycles. The Bertz CT molecular complexity index is 380. The molecule has 0 bridgehead atoms. The average Bonchev–Trinajstić information content (AvgIpc) is 2.74. The maximum atomic E-state index is 4.05. The van der Waals surface area contributed by atoms with Crippen LogP contribution in [0.1, 0.15) is 11.1 Å². The number of hydrogen-bond donors (Lipinski definition) is 0. The molecule has 14 heavy (non-hydrogen) atoms. The Balaban J connectivity index is 1.98. The lowest BCUT2D eigenvalue weighted by Crippen LogP contribution is -2.06. The largest absolute Gasteiger partial charge is 0.352 e. The topological polar surface area (TPSA) is 35.6 Å². The zero-order valence-electron chi connectivity index (χ0n) is 8.51. The van der Waals surface area contributed by atoms with E-state index in [9.17, 15) is 0 Å². The molecule has 2 rings (SSSR count). The van der Waals surface area contributed by atoms with Gasteiger partial charge >= 0.3 is 0 Å². The maximum absolute atomic E-state index is 4.05. The van der Waals surface area contributed by atoms with E-state index < -0.39 is 0 Å². The molecule has 0 radical (unpaired) electrons. The van der Waals surface area contributed by atoms with Crippen LogP contribution in [0.15, 0.2) is 25.0 Å². The Labute approximate surface area is 83.2 Å². The van der Waals surface area contributed by atoms with Gasteiger partial charge in [0, 0.05) is 18.9 Å². The number of rotatable bonds is 3. The molecule has 0 aliphatic carbocycles. The van der Waals surface area contributed by atoms with Crippen LogP contribution in [0.25, 0.3) is 0 Å². The van der Waals surface area contributed by atoms with Gasteiger partial charge in [-0.15, -0.1) is 0 Å². The molecule has 0 spiro atoms. The molecule has 0 aromatic carbocycles. The Kier molecular flexibility index (Phi) is 2.35. The van der Waals surface area contributed by atoms with Crippen LogP contribution in [0, 0.1) is 13.8 Å². The summed E-state index contributed by atoms with van der Waals surface area (Å²) in [6.45, 7) is 6.06. The molecule has 74 valence electrons. The molecule has 0 aliphatic heterocycles. The van der Waals surface area contributed by atoms with Crippen molar-refractivity contribution in [2.24, 2.45) is 0 Å². The third-order valence-electron chi connectivity index (χ3n) is 2.39. The lowest BCUT2D eigenvalue weighted by atomic mass is 10.2. The average molecular weight is 190 g/mol. The highest BCUT2D eigenvalue weighted by Gasteiger charge is 1.98. The van der Waals surface area contributed by atoms with Gasteiger partial charge in [-0.3, -0.25) is 4.68 Å². The fraction of sp³-hybridized carbons (Fsp3) is 0.400. The molecule has 0 amide bonds. The van der Waals surface area contributed by atoms with Gasteiger partial charge in [0.25, 0.3) is 0 Å². The fourth-order valence-corrected chi connectivity index (χ4v) is 1.43. The standard InChI is InChI=1S/C10H14N4/c1-9-5-13(6-10(9)2)3-4-14-8-11-7-12-14/h5-8H,3-4H2,1-2H3. The molecule has 0 unspecified atom stereocenters. The summed E-state index contributed by atoms with van der Waals surface area (Å²) in [6.07, 6.45) is 7.62. The van der Waals surface area contributed by atoms with Crippen molar-refractivity contribution in [3.8, 4) is 0 Å². The first-order valence-electron chi connectivity index (χ1n) is 4.71. The van der Waals surface area contributed by atoms with Crippen molar-refractivity contribution < 1.29 is 0 Å². The molecule has 0 fully saturated rings. The second-order valence-electron chi connectivity index (χ2n) is 3.52. The van der Waals surface area contributed by atoms with E-state index in [4.69, 9.17) is 0 Å². The van der Waals surface area contributed by atoms with Gasteiger partial charge in [0.2, 0.25) is 0 Å². The number of hydrogen-bond acceptors (Lipinski definition) is 2. The van der Waals surface area contributed by atoms with Crippen LogP contribution in [0.3, 0.4) is 0 Å². The van der Waals surface area contributed by atoms with Gasteiger partial charge in [-0.1, -0.05) is 0 Å². The highest BCUT2D eigenvalue weighted by atomic mass is 15.3. The van der Waals surface area contributed by atoms with Gasteiger partial charge in [-0.05, 0) is 25.0 Å². The smallest absolute Gasteiger partial charge is 0.137 e. The summed E-state index contributed by atoms with van der Waals surface area (Å²) >= 11 is 0. The molecule has 0 saturated carbocycles. The Morgan fingerprint density at radius 1 is 1.14 bits per heavy atom. The van der Waals surface area contributed by atoms with Gasteiger partial charge < -0.3 is 4.57 Å². The molecule has 4 nitrogen and oxygen atoms in total. The van der Waals surface area contributed by atoms with Crippen molar-refractivity contribution in [2.45, 2.75) is 26.9 Å².